The lowest BCUT2D eigenvalue weighted by Crippen LogP contribution is -2.21. The van der Waals surface area contributed by atoms with Crippen molar-refractivity contribution in [1.82, 2.24) is 0 Å². The van der Waals surface area contributed by atoms with Crippen LogP contribution in [-0.4, -0.2) is 23.7 Å². The highest BCUT2D eigenvalue weighted by atomic mass is 16.5. The maximum Gasteiger partial charge on any atom is 0.309 e. The van der Waals surface area contributed by atoms with Crippen LogP contribution in [0.4, 0.5) is 0 Å². The van der Waals surface area contributed by atoms with Gasteiger partial charge in [0.05, 0.1) is 18.9 Å². The van der Waals surface area contributed by atoms with Gasteiger partial charge in [0.15, 0.2) is 0 Å². The summed E-state index contributed by atoms with van der Waals surface area (Å²) in [6, 6.07) is 0. The third-order valence-electron chi connectivity index (χ3n) is 8.27. The quantitative estimate of drug-likeness (QED) is 0.0478. The number of hydrogen-bond acceptors (Lipinski definition) is 3. The number of allylic oxidation sites excluding steroid dienone is 2. The lowest BCUT2D eigenvalue weighted by molar-refractivity contribution is -0.153. The summed E-state index contributed by atoms with van der Waals surface area (Å²) < 4.78 is 5.16. The second-order valence-electron chi connectivity index (χ2n) is 12.4. The molecule has 0 aromatic rings. The molecule has 0 radical (unpaired) electrons. The Bertz CT molecular complexity index is 585. The largest absolute Gasteiger partial charge is 0.481 e. The van der Waals surface area contributed by atoms with Crippen LogP contribution in [0.2, 0.25) is 0 Å². The number of carboxylic acids is 1. The smallest absolute Gasteiger partial charge is 0.309 e. The predicted octanol–water partition coefficient (Wildman–Crippen LogP) is 12.1. The van der Waals surface area contributed by atoms with Gasteiger partial charge in [-0.1, -0.05) is 167 Å². The van der Waals surface area contributed by atoms with E-state index in [4.69, 9.17) is 9.84 Å². The number of unbranched alkanes of at least 4 members (excludes halogenated alkanes) is 24. The number of carboxylic acid groups (broad SMARTS) is 1. The molecule has 0 heterocycles. The normalized spacial score (nSPS) is 12.2. The minimum absolute atomic E-state index is 0.111. The molecule has 0 spiro atoms. The molecule has 0 amide bonds. The summed E-state index contributed by atoms with van der Waals surface area (Å²) >= 11 is 0. The lowest BCUT2D eigenvalue weighted by Gasteiger charge is -2.13. The molecule has 0 saturated heterocycles. The van der Waals surface area contributed by atoms with Crippen LogP contribution in [0.25, 0.3) is 0 Å². The number of ether oxygens (including phenoxy) is 1. The van der Waals surface area contributed by atoms with Crippen molar-refractivity contribution in [2.45, 2.75) is 200 Å². The molecule has 0 aromatic carbocycles. The van der Waals surface area contributed by atoms with Gasteiger partial charge in [0.2, 0.25) is 0 Å². The average Bonchev–Trinajstić information content (AvgIpc) is 2.96. The molecule has 1 unspecified atom stereocenters. The standard InChI is InChI=1S/C37H70O4/c1-3-5-6-7-8-9-10-11-12-13-14-15-16-17-18-19-20-21-22-23-24-25-26-27-28-29-30-31-32-35(34-36(38)39)37(40)41-33-4-2/h13-14,35H,3-12,15-34H2,1-2H3,(H,38,39)/b14-13+. The van der Waals surface area contributed by atoms with Crippen molar-refractivity contribution in [3.8, 4) is 0 Å². The molecular formula is C37H70O4. The van der Waals surface area contributed by atoms with Crippen LogP contribution < -0.4 is 0 Å². The van der Waals surface area contributed by atoms with E-state index in [0.717, 1.165) is 19.3 Å². The van der Waals surface area contributed by atoms with Crippen molar-refractivity contribution < 1.29 is 19.4 Å². The van der Waals surface area contributed by atoms with Crippen LogP contribution in [0.3, 0.4) is 0 Å². The summed E-state index contributed by atoms with van der Waals surface area (Å²) in [6.07, 6.45) is 41.0. The van der Waals surface area contributed by atoms with Crippen LogP contribution in [0.1, 0.15) is 200 Å². The minimum atomic E-state index is -0.915. The molecule has 41 heavy (non-hydrogen) atoms. The Morgan fingerprint density at radius 2 is 0.902 bits per heavy atom. The topological polar surface area (TPSA) is 63.6 Å². The van der Waals surface area contributed by atoms with Gasteiger partial charge >= 0.3 is 11.9 Å². The molecule has 4 heteroatoms. The summed E-state index contributed by atoms with van der Waals surface area (Å²) in [5.74, 6) is -1.74. The van der Waals surface area contributed by atoms with Gasteiger partial charge in [-0.05, 0) is 38.5 Å². The van der Waals surface area contributed by atoms with E-state index in [0.29, 0.717) is 13.0 Å². The van der Waals surface area contributed by atoms with Gasteiger partial charge in [-0.3, -0.25) is 9.59 Å². The van der Waals surface area contributed by atoms with Crippen molar-refractivity contribution in [2.75, 3.05) is 6.61 Å². The highest BCUT2D eigenvalue weighted by Gasteiger charge is 2.22. The van der Waals surface area contributed by atoms with E-state index >= 15 is 0 Å². The summed E-state index contributed by atoms with van der Waals surface area (Å²) in [4.78, 5) is 23.1. The van der Waals surface area contributed by atoms with Gasteiger partial charge in [-0.2, -0.15) is 0 Å². The Labute approximate surface area is 255 Å². The number of aliphatic carboxylic acids is 1. The molecule has 0 saturated carbocycles. The molecule has 4 nitrogen and oxygen atoms in total. The number of carbonyl (C=O) groups is 2. The fourth-order valence-electron chi connectivity index (χ4n) is 5.59. The molecule has 1 N–H and O–H groups in total. The van der Waals surface area contributed by atoms with E-state index in [1.807, 2.05) is 6.92 Å². The van der Waals surface area contributed by atoms with Crippen LogP contribution in [0.15, 0.2) is 12.2 Å². The zero-order valence-electron chi connectivity index (χ0n) is 27.6. The van der Waals surface area contributed by atoms with Crippen molar-refractivity contribution in [3.05, 3.63) is 12.2 Å². The van der Waals surface area contributed by atoms with E-state index < -0.39 is 11.9 Å². The van der Waals surface area contributed by atoms with E-state index in [1.54, 1.807) is 0 Å². The fraction of sp³-hybridized carbons (Fsp3) is 0.892. The zero-order valence-corrected chi connectivity index (χ0v) is 27.6. The first kappa shape index (κ1) is 39.7. The summed E-state index contributed by atoms with van der Waals surface area (Å²) in [6.45, 7) is 4.61. The van der Waals surface area contributed by atoms with Crippen LogP contribution in [0.5, 0.6) is 0 Å². The highest BCUT2D eigenvalue weighted by Crippen LogP contribution is 2.18. The SMILES string of the molecule is CCCCCCCCCC/C=C/CCCCCCCCCCCCCCCCCCC(CC(=O)O)C(=O)OCCC. The Morgan fingerprint density at radius 1 is 0.537 bits per heavy atom. The number of carbonyl (C=O) groups excluding carboxylic acids is 1. The monoisotopic (exact) mass is 579 g/mol. The lowest BCUT2D eigenvalue weighted by atomic mass is 9.97. The van der Waals surface area contributed by atoms with Gasteiger partial charge in [-0.25, -0.2) is 0 Å². The third kappa shape index (κ3) is 31.4. The molecular weight excluding hydrogens is 508 g/mol. The molecule has 0 fully saturated rings. The van der Waals surface area contributed by atoms with Crippen molar-refractivity contribution in [1.29, 1.82) is 0 Å². The average molecular weight is 579 g/mol. The van der Waals surface area contributed by atoms with E-state index in [2.05, 4.69) is 19.1 Å². The van der Waals surface area contributed by atoms with Crippen LogP contribution in [-0.2, 0) is 14.3 Å². The maximum atomic E-state index is 12.0. The molecule has 0 rings (SSSR count). The molecule has 1 atom stereocenters. The maximum absolute atomic E-state index is 12.0. The van der Waals surface area contributed by atoms with Gasteiger partial charge in [0.1, 0.15) is 0 Å². The first-order valence-corrected chi connectivity index (χ1v) is 18.1. The first-order valence-electron chi connectivity index (χ1n) is 18.1. The minimum Gasteiger partial charge on any atom is -0.481 e. The number of esters is 1. The first-order chi connectivity index (χ1) is 20.1. The summed E-state index contributed by atoms with van der Waals surface area (Å²) in [7, 11) is 0. The Balaban J connectivity index is 3.32. The van der Waals surface area contributed by atoms with Crippen molar-refractivity contribution in [3.63, 3.8) is 0 Å². The van der Waals surface area contributed by atoms with Crippen LogP contribution in [0, 0.1) is 5.92 Å². The second kappa shape index (κ2) is 33.2. The second-order valence-corrected chi connectivity index (χ2v) is 12.4. The van der Waals surface area contributed by atoms with Gasteiger partial charge in [0.25, 0.3) is 0 Å². The van der Waals surface area contributed by atoms with E-state index in [1.165, 1.54) is 154 Å². The predicted molar refractivity (Wildman–Crippen MR) is 176 cm³/mol. The number of rotatable bonds is 33. The van der Waals surface area contributed by atoms with E-state index in [9.17, 15) is 9.59 Å². The Hall–Kier alpha value is -1.32. The number of hydrogen-bond donors (Lipinski definition) is 1. The molecule has 0 aliphatic heterocycles. The third-order valence-corrected chi connectivity index (χ3v) is 8.27. The van der Waals surface area contributed by atoms with E-state index in [-0.39, 0.29) is 12.4 Å². The molecule has 0 aliphatic rings. The fourth-order valence-corrected chi connectivity index (χ4v) is 5.59. The van der Waals surface area contributed by atoms with Gasteiger partial charge in [-0.15, -0.1) is 0 Å². The molecule has 0 bridgehead atoms. The van der Waals surface area contributed by atoms with Gasteiger partial charge < -0.3 is 9.84 Å². The summed E-state index contributed by atoms with van der Waals surface area (Å²) in [5.41, 5.74) is 0. The highest BCUT2D eigenvalue weighted by molar-refractivity contribution is 5.79. The van der Waals surface area contributed by atoms with Crippen molar-refractivity contribution >= 4 is 11.9 Å². The van der Waals surface area contributed by atoms with Gasteiger partial charge in [0, 0.05) is 0 Å². The summed E-state index contributed by atoms with van der Waals surface area (Å²) in [5, 5.41) is 9.05. The molecule has 0 aliphatic carbocycles. The Kier molecular flexibility index (Phi) is 32.1. The molecule has 242 valence electrons. The van der Waals surface area contributed by atoms with Crippen LogP contribution >= 0.6 is 0 Å². The van der Waals surface area contributed by atoms with Crippen molar-refractivity contribution in [2.24, 2.45) is 5.92 Å². The Morgan fingerprint density at radius 3 is 1.27 bits per heavy atom. The zero-order chi connectivity index (χ0) is 30.1. The molecule has 0 aromatic heterocycles.